The number of H-pyrrole nitrogens is 1. The molecule has 0 spiro atoms. The second-order valence-corrected chi connectivity index (χ2v) is 3.88. The van der Waals surface area contributed by atoms with Crippen molar-refractivity contribution in [3.8, 4) is 0 Å². The Balaban J connectivity index is 2.44. The second-order valence-electron chi connectivity index (χ2n) is 3.88. The molecule has 0 bridgehead atoms. The highest BCUT2D eigenvalue weighted by Gasteiger charge is 2.14. The predicted octanol–water partition coefficient (Wildman–Crippen LogP) is 1.17. The fourth-order valence-electron chi connectivity index (χ4n) is 2.25. The molecule has 15 heavy (non-hydrogen) atoms. The summed E-state index contributed by atoms with van der Waals surface area (Å²) in [7, 11) is 0. The second kappa shape index (κ2) is 3.21. The number of hydrogen-bond donors (Lipinski definition) is 2. The number of para-hydroxylation sites is 1. The van der Waals surface area contributed by atoms with Crippen LogP contribution in [0.5, 0.6) is 0 Å². The molecule has 1 aromatic carbocycles. The zero-order valence-electron chi connectivity index (χ0n) is 8.34. The topological polar surface area (TPSA) is 44.9 Å². The first kappa shape index (κ1) is 8.68. The van der Waals surface area contributed by atoms with Crippen molar-refractivity contribution in [2.75, 3.05) is 6.54 Å². The van der Waals surface area contributed by atoms with E-state index in [2.05, 4.69) is 16.4 Å². The summed E-state index contributed by atoms with van der Waals surface area (Å²) in [4.78, 5) is 14.7. The monoisotopic (exact) mass is 200 g/mol. The molecule has 0 saturated carbocycles. The standard InChI is InChI=1S/C12H12N2O/c15-12-10-7-13-6-5-8(10)9-3-1-2-4-11(9)14-12/h1-4,13H,5-7H2,(H,14,15). The van der Waals surface area contributed by atoms with Crippen molar-refractivity contribution in [2.24, 2.45) is 0 Å². The number of rotatable bonds is 0. The van der Waals surface area contributed by atoms with Crippen LogP contribution < -0.4 is 10.9 Å². The van der Waals surface area contributed by atoms with Gasteiger partial charge in [0.2, 0.25) is 0 Å². The molecule has 0 radical (unpaired) electrons. The molecule has 2 heterocycles. The van der Waals surface area contributed by atoms with Crippen LogP contribution in [0.1, 0.15) is 11.1 Å². The van der Waals surface area contributed by atoms with Gasteiger partial charge in [0.05, 0.1) is 0 Å². The van der Waals surface area contributed by atoms with E-state index in [1.54, 1.807) is 0 Å². The van der Waals surface area contributed by atoms with Crippen LogP contribution in [0, 0.1) is 0 Å². The van der Waals surface area contributed by atoms with E-state index >= 15 is 0 Å². The van der Waals surface area contributed by atoms with E-state index in [1.165, 1.54) is 10.9 Å². The van der Waals surface area contributed by atoms with E-state index in [0.717, 1.165) is 24.0 Å². The van der Waals surface area contributed by atoms with Crippen molar-refractivity contribution in [3.63, 3.8) is 0 Å². The molecule has 0 aliphatic carbocycles. The van der Waals surface area contributed by atoms with Crippen molar-refractivity contribution in [1.29, 1.82) is 0 Å². The molecule has 2 aromatic rings. The summed E-state index contributed by atoms with van der Waals surface area (Å²) in [5, 5.41) is 4.41. The first-order valence-corrected chi connectivity index (χ1v) is 5.20. The van der Waals surface area contributed by atoms with Gasteiger partial charge in [0.25, 0.3) is 5.56 Å². The quantitative estimate of drug-likeness (QED) is 0.670. The van der Waals surface area contributed by atoms with Crippen LogP contribution in [0.15, 0.2) is 29.1 Å². The third-order valence-electron chi connectivity index (χ3n) is 2.99. The van der Waals surface area contributed by atoms with Gasteiger partial charge in [0, 0.05) is 23.0 Å². The van der Waals surface area contributed by atoms with E-state index < -0.39 is 0 Å². The largest absolute Gasteiger partial charge is 0.322 e. The number of pyridine rings is 1. The first-order chi connectivity index (χ1) is 7.36. The highest BCUT2D eigenvalue weighted by atomic mass is 16.1. The molecule has 3 nitrogen and oxygen atoms in total. The summed E-state index contributed by atoms with van der Waals surface area (Å²) in [5.41, 5.74) is 3.12. The predicted molar refractivity (Wildman–Crippen MR) is 60.0 cm³/mol. The number of fused-ring (bicyclic) bond motifs is 3. The van der Waals surface area contributed by atoms with Gasteiger partial charge in [0.1, 0.15) is 0 Å². The van der Waals surface area contributed by atoms with Crippen molar-refractivity contribution in [3.05, 3.63) is 45.7 Å². The van der Waals surface area contributed by atoms with Gasteiger partial charge in [-0.25, -0.2) is 0 Å². The lowest BCUT2D eigenvalue weighted by molar-refractivity contribution is 0.640. The van der Waals surface area contributed by atoms with Gasteiger partial charge in [-0.15, -0.1) is 0 Å². The minimum Gasteiger partial charge on any atom is -0.322 e. The lowest BCUT2D eigenvalue weighted by Gasteiger charge is -2.17. The van der Waals surface area contributed by atoms with Crippen LogP contribution in [-0.4, -0.2) is 11.5 Å². The van der Waals surface area contributed by atoms with Gasteiger partial charge >= 0.3 is 0 Å². The molecular weight excluding hydrogens is 188 g/mol. The van der Waals surface area contributed by atoms with Crippen LogP contribution in [-0.2, 0) is 13.0 Å². The molecule has 2 N–H and O–H groups in total. The Bertz CT molecular complexity index is 571. The summed E-state index contributed by atoms with van der Waals surface area (Å²) >= 11 is 0. The highest BCUT2D eigenvalue weighted by molar-refractivity contribution is 5.83. The van der Waals surface area contributed by atoms with Crippen LogP contribution in [0.25, 0.3) is 10.9 Å². The molecular formula is C12H12N2O. The van der Waals surface area contributed by atoms with Gasteiger partial charge in [-0.05, 0) is 24.6 Å². The van der Waals surface area contributed by atoms with Crippen molar-refractivity contribution >= 4 is 10.9 Å². The summed E-state index contributed by atoms with van der Waals surface area (Å²) in [6, 6.07) is 8.00. The molecule has 1 aliphatic heterocycles. The van der Waals surface area contributed by atoms with E-state index in [-0.39, 0.29) is 5.56 Å². The Kier molecular flexibility index (Phi) is 1.86. The van der Waals surface area contributed by atoms with Crippen molar-refractivity contribution < 1.29 is 0 Å². The molecule has 0 unspecified atom stereocenters. The van der Waals surface area contributed by atoms with Gasteiger partial charge < -0.3 is 10.3 Å². The molecule has 1 aliphatic rings. The van der Waals surface area contributed by atoms with E-state index in [1.807, 2.05) is 18.2 Å². The minimum atomic E-state index is 0.0518. The smallest absolute Gasteiger partial charge is 0.253 e. The molecule has 0 atom stereocenters. The molecule has 0 saturated heterocycles. The van der Waals surface area contributed by atoms with Crippen LogP contribution in [0.4, 0.5) is 0 Å². The van der Waals surface area contributed by atoms with E-state index in [0.29, 0.717) is 6.54 Å². The Morgan fingerprint density at radius 3 is 2.93 bits per heavy atom. The summed E-state index contributed by atoms with van der Waals surface area (Å²) < 4.78 is 0. The highest BCUT2D eigenvalue weighted by Crippen LogP contribution is 2.20. The third kappa shape index (κ3) is 1.27. The van der Waals surface area contributed by atoms with Crippen molar-refractivity contribution in [2.45, 2.75) is 13.0 Å². The molecule has 0 amide bonds. The fraction of sp³-hybridized carbons (Fsp3) is 0.250. The van der Waals surface area contributed by atoms with Crippen molar-refractivity contribution in [1.82, 2.24) is 10.3 Å². The van der Waals surface area contributed by atoms with E-state index in [9.17, 15) is 4.79 Å². The van der Waals surface area contributed by atoms with Gasteiger partial charge in [-0.2, -0.15) is 0 Å². The Hall–Kier alpha value is -1.61. The summed E-state index contributed by atoms with van der Waals surface area (Å²) in [5.74, 6) is 0. The summed E-state index contributed by atoms with van der Waals surface area (Å²) in [6.45, 7) is 1.65. The maximum atomic E-state index is 11.8. The lowest BCUT2D eigenvalue weighted by atomic mass is 9.98. The maximum absolute atomic E-state index is 11.8. The first-order valence-electron chi connectivity index (χ1n) is 5.20. The fourth-order valence-corrected chi connectivity index (χ4v) is 2.25. The Morgan fingerprint density at radius 1 is 1.13 bits per heavy atom. The zero-order chi connectivity index (χ0) is 10.3. The van der Waals surface area contributed by atoms with Crippen LogP contribution in [0.3, 0.4) is 0 Å². The zero-order valence-corrected chi connectivity index (χ0v) is 8.34. The molecule has 76 valence electrons. The van der Waals surface area contributed by atoms with Crippen LogP contribution in [0.2, 0.25) is 0 Å². The van der Waals surface area contributed by atoms with Gasteiger partial charge in [0.15, 0.2) is 0 Å². The SMILES string of the molecule is O=c1[nH]c2ccccc2c2c1CNCC2. The lowest BCUT2D eigenvalue weighted by Crippen LogP contribution is -2.30. The number of benzene rings is 1. The average molecular weight is 200 g/mol. The van der Waals surface area contributed by atoms with Gasteiger partial charge in [-0.3, -0.25) is 4.79 Å². The Morgan fingerprint density at radius 2 is 2.00 bits per heavy atom. The molecule has 3 heteroatoms. The molecule has 1 aromatic heterocycles. The number of aromatic amines is 1. The number of nitrogens with one attached hydrogen (secondary N) is 2. The molecule has 3 rings (SSSR count). The maximum Gasteiger partial charge on any atom is 0.253 e. The molecule has 0 fully saturated rings. The number of aromatic nitrogens is 1. The summed E-state index contributed by atoms with van der Waals surface area (Å²) in [6.07, 6.45) is 0.944. The van der Waals surface area contributed by atoms with Crippen LogP contribution >= 0.6 is 0 Å². The average Bonchev–Trinajstić information content (AvgIpc) is 2.30. The normalized spacial score (nSPS) is 15.2. The number of hydrogen-bond acceptors (Lipinski definition) is 2. The third-order valence-corrected chi connectivity index (χ3v) is 2.99. The van der Waals surface area contributed by atoms with E-state index in [4.69, 9.17) is 0 Å². The Labute approximate surface area is 87.1 Å². The minimum absolute atomic E-state index is 0.0518. The van der Waals surface area contributed by atoms with Gasteiger partial charge in [-0.1, -0.05) is 18.2 Å².